The fraction of sp³-hybridized carbons (Fsp3) is 0.400. The van der Waals surface area contributed by atoms with Crippen molar-refractivity contribution >= 4 is 62.1 Å². The van der Waals surface area contributed by atoms with Crippen LogP contribution in [0.3, 0.4) is 0 Å². The SMILES string of the molecule is CC(=O)NS(=O)(=O)NC(=O)N1CC(NC(=O)/C(=N/OC(C)(C)C(=O)O)c2csc(N)n2)C1=O. The van der Waals surface area contributed by atoms with E-state index >= 15 is 0 Å². The number of carbonyl (C=O) groups is 5. The maximum Gasteiger partial charge on any atom is 0.350 e. The third-order valence-electron chi connectivity index (χ3n) is 3.84. The molecule has 18 heteroatoms. The standard InChI is InChI=1S/C15H19N7O9S2/c1-6(23)20-33(29,30)21-14(28)22-4-7(11(22)25)17-10(24)9(8-5-32-13(16)18-8)19-31-15(2,3)12(26)27/h5,7H,4H2,1-3H3,(H2,16,18)(H,17,24)(H,20,23)(H,21,28)(H,26,27)/b19-9+. The van der Waals surface area contributed by atoms with Gasteiger partial charge >= 0.3 is 22.2 Å². The summed E-state index contributed by atoms with van der Waals surface area (Å²) < 4.78 is 26.1. The van der Waals surface area contributed by atoms with E-state index in [1.54, 1.807) is 0 Å². The molecule has 2 rings (SSSR count). The second kappa shape index (κ2) is 9.36. The number of oxime groups is 1. The number of carboxylic acids is 1. The number of carbonyl (C=O) groups excluding carboxylic acids is 4. The summed E-state index contributed by atoms with van der Waals surface area (Å²) in [4.78, 5) is 68.1. The Morgan fingerprint density at radius 2 is 1.97 bits per heavy atom. The van der Waals surface area contributed by atoms with Crippen LogP contribution in [-0.4, -0.2) is 77.0 Å². The Kier molecular flexibility index (Phi) is 7.23. The van der Waals surface area contributed by atoms with Gasteiger partial charge in [0.05, 0.1) is 6.54 Å². The molecule has 0 aliphatic carbocycles. The molecular formula is C15H19N7O9S2. The summed E-state index contributed by atoms with van der Waals surface area (Å²) in [6.45, 7) is 2.87. The van der Waals surface area contributed by atoms with Crippen LogP contribution in [0.1, 0.15) is 26.5 Å². The zero-order valence-electron chi connectivity index (χ0n) is 17.3. The van der Waals surface area contributed by atoms with E-state index in [1.807, 2.05) is 0 Å². The number of imide groups is 1. The average Bonchev–Trinajstić information content (AvgIpc) is 3.08. The summed E-state index contributed by atoms with van der Waals surface area (Å²) in [5.41, 5.74) is 3.21. The molecule has 0 saturated carbocycles. The Bertz CT molecular complexity index is 1140. The highest BCUT2D eigenvalue weighted by Gasteiger charge is 2.43. The summed E-state index contributed by atoms with van der Waals surface area (Å²) in [6, 6.07) is -2.58. The monoisotopic (exact) mass is 505 g/mol. The van der Waals surface area contributed by atoms with Crippen molar-refractivity contribution in [1.29, 1.82) is 0 Å². The molecule has 5 amide bonds. The number of nitrogens with zero attached hydrogens (tertiary/aromatic N) is 3. The molecule has 0 aromatic carbocycles. The van der Waals surface area contributed by atoms with Gasteiger partial charge in [-0.15, -0.1) is 11.3 Å². The van der Waals surface area contributed by atoms with Gasteiger partial charge in [0.2, 0.25) is 11.5 Å². The molecular weight excluding hydrogens is 486 g/mol. The number of likely N-dealkylation sites (tertiary alicyclic amines) is 1. The van der Waals surface area contributed by atoms with E-state index in [-0.39, 0.29) is 10.8 Å². The van der Waals surface area contributed by atoms with Gasteiger partial charge in [0.15, 0.2) is 10.8 Å². The molecule has 1 aromatic rings. The van der Waals surface area contributed by atoms with Crippen molar-refractivity contribution in [3.63, 3.8) is 0 Å². The first-order valence-electron chi connectivity index (χ1n) is 8.81. The molecule has 1 fully saturated rings. The molecule has 2 heterocycles. The van der Waals surface area contributed by atoms with Gasteiger partial charge in [-0.3, -0.25) is 19.3 Å². The lowest BCUT2D eigenvalue weighted by atomic mass is 10.1. The first-order chi connectivity index (χ1) is 15.1. The zero-order chi connectivity index (χ0) is 25.1. The predicted octanol–water partition coefficient (Wildman–Crippen LogP) is -2.27. The van der Waals surface area contributed by atoms with E-state index in [2.05, 4.69) is 15.5 Å². The van der Waals surface area contributed by atoms with E-state index in [1.165, 1.54) is 28.7 Å². The predicted molar refractivity (Wildman–Crippen MR) is 111 cm³/mol. The third kappa shape index (κ3) is 6.35. The van der Waals surface area contributed by atoms with Crippen molar-refractivity contribution in [2.75, 3.05) is 12.3 Å². The van der Waals surface area contributed by atoms with Crippen molar-refractivity contribution in [3.8, 4) is 0 Å². The maximum absolute atomic E-state index is 12.7. The van der Waals surface area contributed by atoms with Crippen LogP contribution in [-0.2, 0) is 34.2 Å². The van der Waals surface area contributed by atoms with Crippen LogP contribution in [0.25, 0.3) is 0 Å². The van der Waals surface area contributed by atoms with Crippen LogP contribution >= 0.6 is 11.3 Å². The molecule has 1 atom stereocenters. The largest absolute Gasteiger partial charge is 0.478 e. The van der Waals surface area contributed by atoms with Crippen molar-refractivity contribution in [1.82, 2.24) is 24.6 Å². The van der Waals surface area contributed by atoms with Crippen molar-refractivity contribution in [3.05, 3.63) is 11.1 Å². The van der Waals surface area contributed by atoms with E-state index in [4.69, 9.17) is 15.7 Å². The number of rotatable bonds is 8. The topological polar surface area (TPSA) is 240 Å². The van der Waals surface area contributed by atoms with Crippen LogP contribution in [0.4, 0.5) is 9.93 Å². The summed E-state index contributed by atoms with van der Waals surface area (Å²) in [5, 5.41) is 16.4. The van der Waals surface area contributed by atoms with Gasteiger partial charge in [0.25, 0.3) is 11.8 Å². The molecule has 1 unspecified atom stereocenters. The summed E-state index contributed by atoms with van der Waals surface area (Å²) in [7, 11) is -4.52. The van der Waals surface area contributed by atoms with Gasteiger partial charge in [-0.25, -0.2) is 24.0 Å². The number of nitrogens with two attached hydrogens (primary N) is 1. The number of anilines is 1. The average molecular weight is 505 g/mol. The minimum atomic E-state index is -4.52. The van der Waals surface area contributed by atoms with Gasteiger partial charge in [-0.05, 0) is 13.8 Å². The van der Waals surface area contributed by atoms with Crippen LogP contribution in [0.15, 0.2) is 10.5 Å². The number of thiazole rings is 1. The van der Waals surface area contributed by atoms with E-state index in [9.17, 15) is 32.4 Å². The highest BCUT2D eigenvalue weighted by atomic mass is 32.2. The minimum Gasteiger partial charge on any atom is -0.478 e. The molecule has 1 aliphatic rings. The number of urea groups is 1. The van der Waals surface area contributed by atoms with Gasteiger partial charge in [0, 0.05) is 12.3 Å². The third-order valence-corrected chi connectivity index (χ3v) is 5.51. The Balaban J connectivity index is 2.10. The number of aromatic nitrogens is 1. The Morgan fingerprint density at radius 3 is 2.45 bits per heavy atom. The molecule has 180 valence electrons. The highest BCUT2D eigenvalue weighted by molar-refractivity contribution is 7.88. The second-order valence-corrected chi connectivity index (χ2v) is 9.27. The zero-order valence-corrected chi connectivity index (χ0v) is 18.9. The lowest BCUT2D eigenvalue weighted by Gasteiger charge is -2.36. The van der Waals surface area contributed by atoms with Gasteiger partial charge in [-0.1, -0.05) is 5.16 Å². The van der Waals surface area contributed by atoms with Crippen molar-refractivity contribution in [2.45, 2.75) is 32.4 Å². The molecule has 0 bridgehead atoms. The van der Waals surface area contributed by atoms with Crippen LogP contribution in [0, 0.1) is 0 Å². The van der Waals surface area contributed by atoms with Crippen LogP contribution < -0.4 is 20.5 Å². The minimum absolute atomic E-state index is 0.0565. The number of hydrogen-bond acceptors (Lipinski definition) is 12. The molecule has 6 N–H and O–H groups in total. The Labute approximate surface area is 190 Å². The fourth-order valence-electron chi connectivity index (χ4n) is 2.13. The summed E-state index contributed by atoms with van der Waals surface area (Å²) in [6.07, 6.45) is 0. The lowest BCUT2D eigenvalue weighted by molar-refractivity contribution is -0.161. The highest BCUT2D eigenvalue weighted by Crippen LogP contribution is 2.16. The van der Waals surface area contributed by atoms with E-state index in [0.717, 1.165) is 18.3 Å². The van der Waals surface area contributed by atoms with Gasteiger partial charge in [-0.2, -0.15) is 8.42 Å². The number of aliphatic carboxylic acids is 1. The summed E-state index contributed by atoms with van der Waals surface area (Å²) >= 11 is 0.962. The van der Waals surface area contributed by atoms with Gasteiger partial charge in [0.1, 0.15) is 11.7 Å². The lowest BCUT2D eigenvalue weighted by Crippen LogP contribution is -2.68. The molecule has 1 aromatic heterocycles. The number of amides is 5. The number of hydrogen-bond donors (Lipinski definition) is 5. The number of nitrogen functional groups attached to an aromatic ring is 1. The fourth-order valence-corrected chi connectivity index (χ4v) is 3.45. The van der Waals surface area contributed by atoms with Crippen molar-refractivity contribution in [2.24, 2.45) is 5.16 Å². The molecule has 0 radical (unpaired) electrons. The van der Waals surface area contributed by atoms with E-state index < -0.39 is 63.8 Å². The first kappa shape index (κ1) is 25.5. The molecule has 1 aliphatic heterocycles. The summed E-state index contributed by atoms with van der Waals surface area (Å²) in [5.74, 6) is -4.28. The molecule has 1 saturated heterocycles. The Morgan fingerprint density at radius 1 is 1.33 bits per heavy atom. The molecule has 0 spiro atoms. The second-order valence-electron chi connectivity index (χ2n) is 6.96. The van der Waals surface area contributed by atoms with Crippen molar-refractivity contribution < 1.29 is 42.3 Å². The smallest absolute Gasteiger partial charge is 0.350 e. The number of nitrogens with one attached hydrogen (secondary N) is 3. The molecule has 16 nitrogen and oxygen atoms in total. The van der Waals surface area contributed by atoms with E-state index in [0.29, 0.717) is 4.90 Å². The van der Waals surface area contributed by atoms with Gasteiger partial charge < -0.3 is 21.0 Å². The Hall–Kier alpha value is -3.80. The normalized spacial score (nSPS) is 16.5. The number of β-lactam (4-membered cyclic amide) rings is 1. The first-order valence-corrected chi connectivity index (χ1v) is 11.2. The van der Waals surface area contributed by atoms with Crippen LogP contribution in [0.2, 0.25) is 0 Å². The number of carboxylic acid groups (broad SMARTS) is 1. The van der Waals surface area contributed by atoms with Crippen LogP contribution in [0.5, 0.6) is 0 Å². The molecule has 33 heavy (non-hydrogen) atoms. The maximum atomic E-state index is 12.7. The quantitative estimate of drug-likeness (QED) is 0.143.